The zero-order valence-electron chi connectivity index (χ0n) is 17.2. The summed E-state index contributed by atoms with van der Waals surface area (Å²) < 4.78 is 10.0. The van der Waals surface area contributed by atoms with E-state index in [0.29, 0.717) is 5.82 Å². The fourth-order valence-corrected chi connectivity index (χ4v) is 3.85. The topological polar surface area (TPSA) is 72.5 Å². The van der Waals surface area contributed by atoms with Gasteiger partial charge in [-0.05, 0) is 32.0 Å². The van der Waals surface area contributed by atoms with Gasteiger partial charge in [-0.25, -0.2) is 9.97 Å². The molecule has 1 aliphatic heterocycles. The Bertz CT molecular complexity index is 1160. The molecule has 30 heavy (non-hydrogen) atoms. The van der Waals surface area contributed by atoms with E-state index in [0.717, 1.165) is 54.3 Å². The van der Waals surface area contributed by atoms with Crippen LogP contribution in [0.3, 0.4) is 0 Å². The number of fused-ring (bicyclic) bond motifs is 1. The van der Waals surface area contributed by atoms with Gasteiger partial charge >= 0.3 is 0 Å². The van der Waals surface area contributed by atoms with Crippen LogP contribution in [0.15, 0.2) is 55.2 Å². The van der Waals surface area contributed by atoms with Gasteiger partial charge in [-0.2, -0.15) is 5.10 Å². The molecule has 4 aromatic rings. The average Bonchev–Trinajstić information content (AvgIpc) is 3.37. The van der Waals surface area contributed by atoms with Crippen LogP contribution in [0.2, 0.25) is 0 Å². The quantitative estimate of drug-likeness (QED) is 0.551. The lowest BCUT2D eigenvalue weighted by Crippen LogP contribution is -2.35. The van der Waals surface area contributed by atoms with Crippen molar-refractivity contribution in [3.8, 4) is 17.0 Å². The molecule has 0 atom stereocenters. The van der Waals surface area contributed by atoms with E-state index in [9.17, 15) is 0 Å². The minimum absolute atomic E-state index is 0.271. The van der Waals surface area contributed by atoms with Crippen molar-refractivity contribution in [3.05, 3.63) is 55.2 Å². The Morgan fingerprint density at radius 1 is 1.10 bits per heavy atom. The Balaban J connectivity index is 1.37. The second-order valence-corrected chi connectivity index (χ2v) is 7.79. The molecule has 0 bridgehead atoms. The summed E-state index contributed by atoms with van der Waals surface area (Å²) in [5, 5.41) is 7.66. The molecular weight excluding hydrogens is 378 g/mol. The van der Waals surface area contributed by atoms with Crippen LogP contribution in [0.4, 0.5) is 11.5 Å². The maximum Gasteiger partial charge on any atom is 0.180 e. The summed E-state index contributed by atoms with van der Waals surface area (Å²) >= 11 is 0. The van der Waals surface area contributed by atoms with Gasteiger partial charge in [-0.1, -0.05) is 6.07 Å². The van der Waals surface area contributed by atoms with Crippen LogP contribution >= 0.6 is 0 Å². The fourth-order valence-electron chi connectivity index (χ4n) is 3.85. The first-order chi connectivity index (χ1) is 14.7. The number of benzene rings is 1. The molecule has 1 N–H and O–H groups in total. The van der Waals surface area contributed by atoms with Crippen LogP contribution in [0, 0.1) is 0 Å². The summed E-state index contributed by atoms with van der Waals surface area (Å²) in [4.78, 5) is 11.4. The van der Waals surface area contributed by atoms with E-state index in [2.05, 4.69) is 32.3 Å². The second kappa shape index (κ2) is 7.79. The van der Waals surface area contributed by atoms with Gasteiger partial charge in [0, 0.05) is 56.0 Å². The highest BCUT2D eigenvalue weighted by Gasteiger charge is 2.18. The molecule has 5 rings (SSSR count). The van der Waals surface area contributed by atoms with Gasteiger partial charge in [0.1, 0.15) is 11.9 Å². The molecule has 8 heteroatoms. The fraction of sp³-hybridized carbons (Fsp3) is 0.318. The molecule has 1 aliphatic rings. The second-order valence-electron chi connectivity index (χ2n) is 7.79. The number of nitrogens with zero attached hydrogens (tertiary/aromatic N) is 6. The molecule has 1 aromatic carbocycles. The van der Waals surface area contributed by atoms with Crippen LogP contribution in [-0.4, -0.2) is 55.3 Å². The lowest BCUT2D eigenvalue weighted by Gasteiger charge is -2.29. The van der Waals surface area contributed by atoms with Gasteiger partial charge in [0.25, 0.3) is 0 Å². The van der Waals surface area contributed by atoms with Crippen LogP contribution in [0.1, 0.15) is 12.8 Å². The van der Waals surface area contributed by atoms with Gasteiger partial charge in [0.2, 0.25) is 0 Å². The number of anilines is 2. The zero-order chi connectivity index (χ0) is 20.5. The average molecular weight is 403 g/mol. The monoisotopic (exact) mass is 403 g/mol. The first-order valence-corrected chi connectivity index (χ1v) is 10.2. The van der Waals surface area contributed by atoms with Crippen molar-refractivity contribution >= 4 is 17.2 Å². The van der Waals surface area contributed by atoms with E-state index in [-0.39, 0.29) is 6.10 Å². The van der Waals surface area contributed by atoms with Crippen molar-refractivity contribution in [2.24, 2.45) is 7.05 Å². The van der Waals surface area contributed by atoms with E-state index < -0.39 is 0 Å². The Labute approximate surface area is 175 Å². The molecule has 0 aliphatic carbocycles. The number of aryl methyl sites for hydroxylation is 1. The maximum atomic E-state index is 6.22. The number of rotatable bonds is 5. The summed E-state index contributed by atoms with van der Waals surface area (Å²) in [5.41, 5.74) is 3.67. The van der Waals surface area contributed by atoms with Crippen molar-refractivity contribution in [2.45, 2.75) is 18.9 Å². The molecular formula is C22H25N7O. The first-order valence-electron chi connectivity index (χ1n) is 10.2. The number of likely N-dealkylation sites (tertiary alicyclic amines) is 1. The summed E-state index contributed by atoms with van der Waals surface area (Å²) in [6, 6.07) is 8.04. The Kier molecular flexibility index (Phi) is 4.84. The molecule has 154 valence electrons. The van der Waals surface area contributed by atoms with Gasteiger partial charge in [-0.3, -0.25) is 9.08 Å². The van der Waals surface area contributed by atoms with Crippen LogP contribution in [0.5, 0.6) is 5.75 Å². The molecule has 1 saturated heterocycles. The molecule has 3 aromatic heterocycles. The highest BCUT2D eigenvalue weighted by atomic mass is 16.5. The molecule has 0 radical (unpaired) electrons. The number of nitrogens with one attached hydrogen (secondary N) is 1. The third kappa shape index (κ3) is 3.73. The molecule has 8 nitrogen and oxygen atoms in total. The Hall–Kier alpha value is -3.39. The number of imidazole rings is 1. The maximum absolute atomic E-state index is 6.22. The normalized spacial score (nSPS) is 15.5. The minimum Gasteiger partial charge on any atom is -0.490 e. The van der Waals surface area contributed by atoms with E-state index in [4.69, 9.17) is 4.74 Å². The van der Waals surface area contributed by atoms with Crippen LogP contribution < -0.4 is 10.1 Å². The minimum atomic E-state index is 0.271. The van der Waals surface area contributed by atoms with Crippen molar-refractivity contribution in [1.82, 2.24) is 29.0 Å². The van der Waals surface area contributed by atoms with E-state index in [1.807, 2.05) is 60.5 Å². The first kappa shape index (κ1) is 18.6. The van der Waals surface area contributed by atoms with Crippen LogP contribution in [0.25, 0.3) is 16.9 Å². The predicted octanol–water partition coefficient (Wildman–Crippen LogP) is 3.35. The van der Waals surface area contributed by atoms with E-state index in [1.165, 1.54) is 0 Å². The van der Waals surface area contributed by atoms with Crippen molar-refractivity contribution in [2.75, 3.05) is 25.5 Å². The predicted molar refractivity (Wildman–Crippen MR) is 116 cm³/mol. The van der Waals surface area contributed by atoms with Gasteiger partial charge in [0.05, 0.1) is 18.1 Å². The third-order valence-corrected chi connectivity index (χ3v) is 5.49. The lowest BCUT2D eigenvalue weighted by atomic mass is 10.1. The number of hydrogen-bond donors (Lipinski definition) is 1. The van der Waals surface area contributed by atoms with Crippen LogP contribution in [-0.2, 0) is 7.05 Å². The van der Waals surface area contributed by atoms with Gasteiger partial charge in [0.15, 0.2) is 11.5 Å². The number of aromatic nitrogens is 5. The SMILES string of the molecule is CN1CCC(Oc2cccc(Nc3nccn4c(-c5cnn(C)c5)cnc34)c2)CC1. The molecule has 4 heterocycles. The van der Waals surface area contributed by atoms with Gasteiger partial charge < -0.3 is 15.0 Å². The zero-order valence-corrected chi connectivity index (χ0v) is 17.2. The highest BCUT2D eigenvalue weighted by Crippen LogP contribution is 2.27. The standard InChI is InChI=1S/C22H25N7O/c1-27-9-6-18(7-10-27)30-19-5-3-4-17(12-19)26-21-22-24-14-20(29(22)11-8-23-21)16-13-25-28(2)15-16/h3-5,8,11-15,18H,6-7,9-10H2,1-2H3,(H,23,26). The number of ether oxygens (including phenoxy) is 1. The van der Waals surface area contributed by atoms with Crippen molar-refractivity contribution in [3.63, 3.8) is 0 Å². The molecule has 0 spiro atoms. The lowest BCUT2D eigenvalue weighted by molar-refractivity contribution is 0.114. The summed E-state index contributed by atoms with van der Waals surface area (Å²) in [6.07, 6.45) is 11.7. The molecule has 0 amide bonds. The highest BCUT2D eigenvalue weighted by molar-refractivity contribution is 5.74. The molecule has 0 saturated carbocycles. The largest absolute Gasteiger partial charge is 0.490 e. The Morgan fingerprint density at radius 3 is 2.77 bits per heavy atom. The van der Waals surface area contributed by atoms with E-state index in [1.54, 1.807) is 10.9 Å². The number of hydrogen-bond acceptors (Lipinski definition) is 6. The number of piperidine rings is 1. The van der Waals surface area contributed by atoms with Crippen molar-refractivity contribution < 1.29 is 4.74 Å². The Morgan fingerprint density at radius 2 is 1.97 bits per heavy atom. The summed E-state index contributed by atoms with van der Waals surface area (Å²) in [6.45, 7) is 2.15. The van der Waals surface area contributed by atoms with Crippen molar-refractivity contribution in [1.29, 1.82) is 0 Å². The summed E-state index contributed by atoms with van der Waals surface area (Å²) in [5.74, 6) is 1.57. The molecule has 0 unspecified atom stereocenters. The van der Waals surface area contributed by atoms with E-state index >= 15 is 0 Å². The summed E-state index contributed by atoms with van der Waals surface area (Å²) in [7, 11) is 4.06. The van der Waals surface area contributed by atoms with Gasteiger partial charge in [-0.15, -0.1) is 0 Å². The molecule has 1 fully saturated rings. The smallest absolute Gasteiger partial charge is 0.180 e. The third-order valence-electron chi connectivity index (χ3n) is 5.49.